The second-order valence-electron chi connectivity index (χ2n) is 3.37. The third kappa shape index (κ3) is 3.07. The molecule has 1 aromatic rings. The van der Waals surface area contributed by atoms with Crippen LogP contribution in [0.2, 0.25) is 0 Å². The van der Waals surface area contributed by atoms with E-state index in [2.05, 4.69) is 15.9 Å². The first-order valence-electron chi connectivity index (χ1n) is 4.76. The average molecular weight is 295 g/mol. The van der Waals surface area contributed by atoms with Crippen molar-refractivity contribution in [3.05, 3.63) is 33.8 Å². The molecule has 1 rings (SSSR count). The van der Waals surface area contributed by atoms with Crippen LogP contribution in [0, 0.1) is 0 Å². The van der Waals surface area contributed by atoms with E-state index in [1.165, 1.54) is 12.1 Å². The van der Waals surface area contributed by atoms with Gasteiger partial charge in [0, 0.05) is 16.5 Å². The second kappa shape index (κ2) is 4.99. The number of Topliss-reactive ketones (excluding diaryl/α,β-unsaturated/α-hetero) is 1. The Kier molecular flexibility index (Phi) is 4.13. The molecule has 0 saturated heterocycles. The van der Waals surface area contributed by atoms with Crippen molar-refractivity contribution in [2.45, 2.75) is 25.9 Å². The van der Waals surface area contributed by atoms with Crippen LogP contribution in [0.15, 0.2) is 22.7 Å². The Hall–Kier alpha value is -0.840. The Labute approximate surface area is 99.8 Å². The molecule has 0 saturated carbocycles. The Morgan fingerprint density at radius 2 is 2.00 bits per heavy atom. The van der Waals surface area contributed by atoms with Gasteiger partial charge >= 0.3 is 6.18 Å². The molecule has 5 heteroatoms. The molecular formula is C11H10BrF3O. The molecule has 0 aliphatic heterocycles. The zero-order chi connectivity index (χ0) is 12.3. The third-order valence-electron chi connectivity index (χ3n) is 2.07. The number of halogens is 4. The Morgan fingerprint density at radius 1 is 1.38 bits per heavy atom. The lowest BCUT2D eigenvalue weighted by molar-refractivity contribution is -0.138. The standard InChI is InChI=1S/C11H10BrF3O/c1-2-3-10(16)7-4-5-9(12)8(6-7)11(13,14)15/h4-6H,2-3H2,1H3. The van der Waals surface area contributed by atoms with Gasteiger partial charge in [0.05, 0.1) is 5.56 Å². The fourth-order valence-electron chi connectivity index (χ4n) is 1.29. The number of rotatable bonds is 3. The van der Waals surface area contributed by atoms with E-state index < -0.39 is 11.7 Å². The quantitative estimate of drug-likeness (QED) is 0.753. The van der Waals surface area contributed by atoms with Crippen molar-refractivity contribution in [1.82, 2.24) is 0 Å². The molecule has 0 fully saturated rings. The van der Waals surface area contributed by atoms with Crippen LogP contribution in [-0.4, -0.2) is 5.78 Å². The summed E-state index contributed by atoms with van der Waals surface area (Å²) in [7, 11) is 0. The van der Waals surface area contributed by atoms with Crippen molar-refractivity contribution in [2.75, 3.05) is 0 Å². The highest BCUT2D eigenvalue weighted by Crippen LogP contribution is 2.35. The topological polar surface area (TPSA) is 17.1 Å². The number of alkyl halides is 3. The summed E-state index contributed by atoms with van der Waals surface area (Å²) in [6.07, 6.45) is -3.56. The molecule has 0 aliphatic rings. The van der Waals surface area contributed by atoms with Crippen LogP contribution in [0.25, 0.3) is 0 Å². The summed E-state index contributed by atoms with van der Waals surface area (Å²) in [5.41, 5.74) is -0.702. The molecule has 1 nitrogen and oxygen atoms in total. The number of ketones is 1. The maximum Gasteiger partial charge on any atom is 0.417 e. The molecular weight excluding hydrogens is 285 g/mol. The van der Waals surface area contributed by atoms with Crippen molar-refractivity contribution in [1.29, 1.82) is 0 Å². The second-order valence-corrected chi connectivity index (χ2v) is 4.22. The number of carbonyl (C=O) groups excluding carboxylic acids is 1. The molecule has 0 atom stereocenters. The lowest BCUT2D eigenvalue weighted by Gasteiger charge is -2.10. The van der Waals surface area contributed by atoms with Crippen LogP contribution in [0.3, 0.4) is 0 Å². The maximum absolute atomic E-state index is 12.5. The Bertz CT molecular complexity index is 399. The highest BCUT2D eigenvalue weighted by molar-refractivity contribution is 9.10. The van der Waals surface area contributed by atoms with E-state index in [4.69, 9.17) is 0 Å². The first-order chi connectivity index (χ1) is 7.36. The monoisotopic (exact) mass is 294 g/mol. The summed E-state index contributed by atoms with van der Waals surface area (Å²) < 4.78 is 37.6. The van der Waals surface area contributed by atoms with Crippen LogP contribution in [0.5, 0.6) is 0 Å². The van der Waals surface area contributed by atoms with E-state index in [9.17, 15) is 18.0 Å². The third-order valence-corrected chi connectivity index (χ3v) is 2.76. The van der Waals surface area contributed by atoms with Gasteiger partial charge in [0.1, 0.15) is 0 Å². The van der Waals surface area contributed by atoms with E-state index in [-0.39, 0.29) is 22.2 Å². The lowest BCUT2D eigenvalue weighted by Crippen LogP contribution is -2.08. The first kappa shape index (κ1) is 13.2. The minimum Gasteiger partial charge on any atom is -0.294 e. The molecule has 0 N–H and O–H groups in total. The first-order valence-corrected chi connectivity index (χ1v) is 5.55. The molecule has 0 heterocycles. The zero-order valence-corrected chi connectivity index (χ0v) is 10.2. The van der Waals surface area contributed by atoms with Crippen LogP contribution >= 0.6 is 15.9 Å². The van der Waals surface area contributed by atoms with E-state index in [0.29, 0.717) is 6.42 Å². The van der Waals surface area contributed by atoms with Crippen LogP contribution < -0.4 is 0 Å². The molecule has 0 bridgehead atoms. The number of hydrogen-bond acceptors (Lipinski definition) is 1. The lowest BCUT2D eigenvalue weighted by atomic mass is 10.0. The van der Waals surface area contributed by atoms with E-state index in [1.54, 1.807) is 6.92 Å². The zero-order valence-electron chi connectivity index (χ0n) is 8.57. The van der Waals surface area contributed by atoms with Gasteiger partial charge in [-0.05, 0) is 18.6 Å². The average Bonchev–Trinajstić information content (AvgIpc) is 2.16. The van der Waals surface area contributed by atoms with Crippen molar-refractivity contribution in [2.24, 2.45) is 0 Å². The Balaban J connectivity index is 3.13. The predicted molar refractivity (Wildman–Crippen MR) is 58.4 cm³/mol. The minimum absolute atomic E-state index is 0.0481. The Morgan fingerprint density at radius 3 is 2.50 bits per heavy atom. The van der Waals surface area contributed by atoms with E-state index in [0.717, 1.165) is 6.07 Å². The van der Waals surface area contributed by atoms with Crippen molar-refractivity contribution < 1.29 is 18.0 Å². The summed E-state index contributed by atoms with van der Waals surface area (Å²) in [4.78, 5) is 11.5. The van der Waals surface area contributed by atoms with Crippen molar-refractivity contribution in [3.8, 4) is 0 Å². The van der Waals surface area contributed by atoms with E-state index in [1.807, 2.05) is 0 Å². The highest BCUT2D eigenvalue weighted by atomic mass is 79.9. The summed E-state index contributed by atoms with van der Waals surface area (Å²) in [6, 6.07) is 3.55. The molecule has 0 radical (unpaired) electrons. The number of carbonyl (C=O) groups is 1. The smallest absolute Gasteiger partial charge is 0.294 e. The summed E-state index contributed by atoms with van der Waals surface area (Å²) >= 11 is 2.82. The minimum atomic E-state index is -4.44. The fourth-order valence-corrected chi connectivity index (χ4v) is 1.76. The SMILES string of the molecule is CCCC(=O)c1ccc(Br)c(C(F)(F)F)c1. The molecule has 0 aliphatic carbocycles. The largest absolute Gasteiger partial charge is 0.417 e. The van der Waals surface area contributed by atoms with Crippen LogP contribution in [-0.2, 0) is 6.18 Å². The molecule has 0 amide bonds. The molecule has 1 aromatic carbocycles. The van der Waals surface area contributed by atoms with Gasteiger partial charge in [-0.1, -0.05) is 28.9 Å². The van der Waals surface area contributed by atoms with Gasteiger partial charge in [-0.2, -0.15) is 13.2 Å². The molecule has 0 aromatic heterocycles. The van der Waals surface area contributed by atoms with Gasteiger partial charge in [-0.15, -0.1) is 0 Å². The molecule has 88 valence electrons. The number of benzene rings is 1. The van der Waals surface area contributed by atoms with Gasteiger partial charge in [-0.3, -0.25) is 4.79 Å². The van der Waals surface area contributed by atoms with Crippen LogP contribution in [0.4, 0.5) is 13.2 Å². The maximum atomic E-state index is 12.5. The van der Waals surface area contributed by atoms with Crippen LogP contribution in [0.1, 0.15) is 35.7 Å². The highest BCUT2D eigenvalue weighted by Gasteiger charge is 2.33. The van der Waals surface area contributed by atoms with Crippen molar-refractivity contribution >= 4 is 21.7 Å². The van der Waals surface area contributed by atoms with Gasteiger partial charge in [0.2, 0.25) is 0 Å². The summed E-state index contributed by atoms with van der Waals surface area (Å²) in [5, 5.41) is 0. The van der Waals surface area contributed by atoms with Gasteiger partial charge < -0.3 is 0 Å². The van der Waals surface area contributed by atoms with Gasteiger partial charge in [-0.25, -0.2) is 0 Å². The van der Waals surface area contributed by atoms with E-state index >= 15 is 0 Å². The predicted octanol–water partition coefficient (Wildman–Crippen LogP) is 4.45. The van der Waals surface area contributed by atoms with Gasteiger partial charge in [0.25, 0.3) is 0 Å². The molecule has 16 heavy (non-hydrogen) atoms. The molecule has 0 unspecified atom stereocenters. The summed E-state index contributed by atoms with van der Waals surface area (Å²) in [6.45, 7) is 1.81. The normalized spacial score (nSPS) is 11.6. The number of hydrogen-bond donors (Lipinski definition) is 0. The fraction of sp³-hybridized carbons (Fsp3) is 0.364. The van der Waals surface area contributed by atoms with Crippen molar-refractivity contribution in [3.63, 3.8) is 0 Å². The van der Waals surface area contributed by atoms with Gasteiger partial charge in [0.15, 0.2) is 5.78 Å². The summed E-state index contributed by atoms with van der Waals surface area (Å²) in [5.74, 6) is -0.263. The molecule has 0 spiro atoms.